The molecule has 0 N–H and O–H groups in total. The van der Waals surface area contributed by atoms with Gasteiger partial charge in [-0.25, -0.2) is 0 Å². The third-order valence-corrected chi connectivity index (χ3v) is 13.3. The van der Waals surface area contributed by atoms with Crippen molar-refractivity contribution < 1.29 is 23.5 Å². The van der Waals surface area contributed by atoms with Crippen LogP contribution in [0.25, 0.3) is 54.9 Å². The van der Waals surface area contributed by atoms with Crippen molar-refractivity contribution in [3.8, 4) is 56.4 Å². The summed E-state index contributed by atoms with van der Waals surface area (Å²) in [6.07, 6.45) is 0. The molecular weight excluding hydrogens is 687 g/mol. The fraction of sp³-hybridized carbons (Fsp3) is 0.0833. The van der Waals surface area contributed by atoms with Crippen LogP contribution in [0.1, 0.15) is 0 Å². The summed E-state index contributed by atoms with van der Waals surface area (Å²) in [6.45, 7) is 0. The highest BCUT2D eigenvalue weighted by Crippen LogP contribution is 2.49. The quantitative estimate of drug-likeness (QED) is 0.131. The Morgan fingerprint density at radius 2 is 0.796 bits per heavy atom. The molecule has 8 aromatic carbocycles. The highest BCUT2D eigenvalue weighted by molar-refractivity contribution is 7.85. The first-order valence-electron chi connectivity index (χ1n) is 17.7. The Balaban J connectivity index is 1.47. The first-order valence-corrected chi connectivity index (χ1v) is 19.4. The van der Waals surface area contributed by atoms with Gasteiger partial charge in [0.05, 0.1) is 28.4 Å². The molecule has 0 saturated heterocycles. The zero-order chi connectivity index (χ0) is 37.2. The second-order valence-corrected chi connectivity index (χ2v) is 15.7. The zero-order valence-electron chi connectivity index (χ0n) is 30.6. The molecule has 0 radical (unpaired) electrons. The molecule has 8 rings (SSSR count). The van der Waals surface area contributed by atoms with E-state index in [1.807, 2.05) is 84.9 Å². The normalized spacial score (nSPS) is 11.4. The van der Waals surface area contributed by atoms with Crippen molar-refractivity contribution in [2.24, 2.45) is 0 Å². The average Bonchev–Trinajstić information content (AvgIpc) is 3.25. The summed E-state index contributed by atoms with van der Waals surface area (Å²) in [5, 5.41) is 6.47. The number of fused-ring (bicyclic) bond motifs is 2. The van der Waals surface area contributed by atoms with E-state index in [9.17, 15) is 0 Å². The largest absolute Gasteiger partial charge is 0.493 e. The molecule has 0 fully saturated rings. The van der Waals surface area contributed by atoms with Crippen LogP contribution in [-0.2, 0) is 4.57 Å². The van der Waals surface area contributed by atoms with Crippen LogP contribution in [0.5, 0.6) is 23.0 Å². The second kappa shape index (κ2) is 14.6. The first kappa shape index (κ1) is 34.8. The van der Waals surface area contributed by atoms with E-state index in [2.05, 4.69) is 78.9 Å². The van der Waals surface area contributed by atoms with Crippen molar-refractivity contribution >= 4 is 44.6 Å². The summed E-state index contributed by atoms with van der Waals surface area (Å²) in [5.74, 6) is 2.65. The smallest absolute Gasteiger partial charge is 0.171 e. The van der Waals surface area contributed by atoms with Gasteiger partial charge in [-0.2, -0.15) is 0 Å². The van der Waals surface area contributed by atoms with Gasteiger partial charge in [0.1, 0.15) is 0 Å². The maximum absolute atomic E-state index is 16.3. The average molecular weight is 727 g/mol. The number of hydrogen-bond donors (Lipinski definition) is 0. The van der Waals surface area contributed by atoms with Crippen molar-refractivity contribution in [3.05, 3.63) is 164 Å². The van der Waals surface area contributed by atoms with Gasteiger partial charge >= 0.3 is 0 Å². The molecule has 266 valence electrons. The Labute approximate surface area is 315 Å². The molecule has 0 bridgehead atoms. The van der Waals surface area contributed by atoms with Gasteiger partial charge in [0.25, 0.3) is 0 Å². The topological polar surface area (TPSA) is 54.0 Å². The Morgan fingerprint density at radius 3 is 1.28 bits per heavy atom. The SMILES string of the molecule is COc1ccc(-c2cccc3c(-c4c(P(=O)(c5ccccc5)c5ccccc5)ccc5c(-c6ccc(OC)c(OC)c6)cccc45)cccc23)cc1OC. The lowest BCUT2D eigenvalue weighted by molar-refractivity contribution is 0.355. The number of benzene rings is 8. The van der Waals surface area contributed by atoms with Crippen LogP contribution in [0, 0.1) is 0 Å². The van der Waals surface area contributed by atoms with E-state index in [-0.39, 0.29) is 0 Å². The van der Waals surface area contributed by atoms with Crippen molar-refractivity contribution in [1.29, 1.82) is 0 Å². The lowest BCUT2D eigenvalue weighted by Gasteiger charge is -2.25. The van der Waals surface area contributed by atoms with Gasteiger partial charge in [-0.1, -0.05) is 133 Å². The summed E-state index contributed by atoms with van der Waals surface area (Å²) in [4.78, 5) is 0. The summed E-state index contributed by atoms with van der Waals surface area (Å²) in [7, 11) is 3.16. The molecule has 0 heterocycles. The van der Waals surface area contributed by atoms with Crippen molar-refractivity contribution in [2.75, 3.05) is 28.4 Å². The van der Waals surface area contributed by atoms with E-state index < -0.39 is 7.14 Å². The molecule has 0 aliphatic heterocycles. The maximum atomic E-state index is 16.3. The molecule has 0 aromatic heterocycles. The molecule has 0 amide bonds. The zero-order valence-corrected chi connectivity index (χ0v) is 31.5. The predicted molar refractivity (Wildman–Crippen MR) is 223 cm³/mol. The molecule has 6 heteroatoms. The minimum absolute atomic E-state index is 0.651. The minimum atomic E-state index is -3.43. The fourth-order valence-corrected chi connectivity index (χ4v) is 10.5. The van der Waals surface area contributed by atoms with Crippen LogP contribution in [-0.4, -0.2) is 28.4 Å². The highest BCUT2D eigenvalue weighted by atomic mass is 31.2. The summed E-state index contributed by atoms with van der Waals surface area (Å²) >= 11 is 0. The van der Waals surface area contributed by atoms with Crippen LogP contribution in [0.2, 0.25) is 0 Å². The molecule has 8 aromatic rings. The van der Waals surface area contributed by atoms with Crippen LogP contribution in [0.15, 0.2) is 164 Å². The number of methoxy groups -OCH3 is 4. The molecule has 0 saturated carbocycles. The van der Waals surface area contributed by atoms with Gasteiger partial charge in [0.15, 0.2) is 30.1 Å². The van der Waals surface area contributed by atoms with Gasteiger partial charge in [0, 0.05) is 21.5 Å². The van der Waals surface area contributed by atoms with E-state index in [0.29, 0.717) is 23.0 Å². The second-order valence-electron chi connectivity index (χ2n) is 13.0. The standard InChI is InChI=1S/C48H39O5P/c1-50-43-27-24-32(30-45(43)52-3)36-18-11-21-39-38(36)20-13-23-41(39)48-42-22-12-19-37(33-25-28-44(51-2)46(31-33)53-4)40(42)26-29-47(48)54(49,34-14-7-5-8-15-34)35-16-9-6-10-17-35/h5-31H,1-4H3. The van der Waals surface area contributed by atoms with E-state index in [1.54, 1.807) is 28.4 Å². The summed E-state index contributed by atoms with van der Waals surface area (Å²) in [5.41, 5.74) is 6.00. The van der Waals surface area contributed by atoms with E-state index in [1.165, 1.54) is 0 Å². The van der Waals surface area contributed by atoms with Crippen molar-refractivity contribution in [3.63, 3.8) is 0 Å². The van der Waals surface area contributed by atoms with Crippen LogP contribution in [0.4, 0.5) is 0 Å². The monoisotopic (exact) mass is 726 g/mol. The molecule has 0 atom stereocenters. The molecule has 5 nitrogen and oxygen atoms in total. The van der Waals surface area contributed by atoms with E-state index in [0.717, 1.165) is 70.8 Å². The Hall–Kier alpha value is -6.29. The van der Waals surface area contributed by atoms with Gasteiger partial charge in [0.2, 0.25) is 0 Å². The number of hydrogen-bond acceptors (Lipinski definition) is 5. The molecule has 0 spiro atoms. The Kier molecular flexibility index (Phi) is 9.41. The Bertz CT molecular complexity index is 2640. The number of ether oxygens (including phenoxy) is 4. The van der Waals surface area contributed by atoms with E-state index in [4.69, 9.17) is 18.9 Å². The third-order valence-electron chi connectivity index (χ3n) is 10.2. The van der Waals surface area contributed by atoms with Gasteiger partial charge in [-0.15, -0.1) is 0 Å². The lowest BCUT2D eigenvalue weighted by Crippen LogP contribution is -2.26. The van der Waals surface area contributed by atoms with Crippen LogP contribution < -0.4 is 34.9 Å². The molecular formula is C48H39O5P. The molecule has 0 aliphatic carbocycles. The third kappa shape index (κ3) is 5.88. The number of rotatable bonds is 10. The molecule has 0 aliphatic rings. The van der Waals surface area contributed by atoms with Crippen molar-refractivity contribution in [1.82, 2.24) is 0 Å². The summed E-state index contributed by atoms with van der Waals surface area (Å²) in [6, 6.07) is 55.1. The summed E-state index contributed by atoms with van der Waals surface area (Å²) < 4.78 is 38.8. The minimum Gasteiger partial charge on any atom is -0.493 e. The molecule has 0 unspecified atom stereocenters. The van der Waals surface area contributed by atoms with Crippen molar-refractivity contribution in [2.45, 2.75) is 0 Å². The van der Waals surface area contributed by atoms with Gasteiger partial charge in [-0.05, 0) is 79.7 Å². The fourth-order valence-electron chi connectivity index (χ4n) is 7.63. The van der Waals surface area contributed by atoms with Crippen LogP contribution in [0.3, 0.4) is 0 Å². The van der Waals surface area contributed by atoms with Gasteiger partial charge in [-0.3, -0.25) is 0 Å². The molecule has 54 heavy (non-hydrogen) atoms. The predicted octanol–water partition coefficient (Wildman–Crippen LogP) is 10.7. The van der Waals surface area contributed by atoms with E-state index >= 15 is 4.57 Å². The highest BCUT2D eigenvalue weighted by Gasteiger charge is 2.34. The maximum Gasteiger partial charge on any atom is 0.171 e. The van der Waals surface area contributed by atoms with Gasteiger partial charge < -0.3 is 23.5 Å². The first-order chi connectivity index (χ1) is 26.5. The van der Waals surface area contributed by atoms with Crippen LogP contribution >= 0.6 is 7.14 Å². The lowest BCUT2D eigenvalue weighted by atomic mass is 9.89. The Morgan fingerprint density at radius 1 is 0.370 bits per heavy atom.